The molecule has 3 aromatic rings. The Balaban J connectivity index is 1.53. The minimum absolute atomic E-state index is 0.00974. The SMILES string of the molecule is O=C(Nc1ccc(F)cc1F)N1CCc2c(sc3c2CCCC3)[C@@H]1c1ccccc1. The van der Waals surface area contributed by atoms with Crippen molar-refractivity contribution in [2.24, 2.45) is 0 Å². The van der Waals surface area contributed by atoms with Gasteiger partial charge in [0, 0.05) is 22.4 Å². The van der Waals surface area contributed by atoms with E-state index in [0.717, 1.165) is 37.0 Å². The van der Waals surface area contributed by atoms with Gasteiger partial charge < -0.3 is 10.2 Å². The average Bonchev–Trinajstić information content (AvgIpc) is 3.14. The van der Waals surface area contributed by atoms with E-state index in [9.17, 15) is 13.6 Å². The quantitative estimate of drug-likeness (QED) is 0.531. The Bertz CT molecular complexity index is 1100. The van der Waals surface area contributed by atoms with E-state index in [2.05, 4.69) is 5.32 Å². The van der Waals surface area contributed by atoms with Crippen LogP contribution in [0.3, 0.4) is 0 Å². The predicted octanol–water partition coefficient (Wildman–Crippen LogP) is 6.08. The molecule has 0 bridgehead atoms. The second-order valence-corrected chi connectivity index (χ2v) is 9.00. The van der Waals surface area contributed by atoms with Crippen LogP contribution in [0.2, 0.25) is 0 Å². The minimum atomic E-state index is -0.774. The third-order valence-electron chi connectivity index (χ3n) is 6.02. The monoisotopic (exact) mass is 424 g/mol. The molecule has 1 N–H and O–H groups in total. The number of nitrogens with zero attached hydrogens (tertiary/aromatic N) is 1. The van der Waals surface area contributed by atoms with Gasteiger partial charge in [0.05, 0.1) is 11.7 Å². The Morgan fingerprint density at radius 1 is 1.00 bits per heavy atom. The molecule has 6 heteroatoms. The summed E-state index contributed by atoms with van der Waals surface area (Å²) in [6, 6.07) is 12.6. The van der Waals surface area contributed by atoms with Crippen molar-refractivity contribution in [3.63, 3.8) is 0 Å². The number of amides is 2. The van der Waals surface area contributed by atoms with E-state index in [1.54, 1.807) is 4.90 Å². The number of carbonyl (C=O) groups excluding carboxylic acids is 1. The van der Waals surface area contributed by atoms with Crippen LogP contribution in [0.15, 0.2) is 48.5 Å². The number of hydrogen-bond donors (Lipinski definition) is 1. The zero-order valence-electron chi connectivity index (χ0n) is 16.5. The van der Waals surface area contributed by atoms with Gasteiger partial charge in [-0.1, -0.05) is 30.3 Å². The van der Waals surface area contributed by atoms with Crippen molar-refractivity contribution in [1.29, 1.82) is 0 Å². The summed E-state index contributed by atoms with van der Waals surface area (Å²) in [5.41, 5.74) is 3.93. The fraction of sp³-hybridized carbons (Fsp3) is 0.292. The van der Waals surface area contributed by atoms with Gasteiger partial charge >= 0.3 is 6.03 Å². The summed E-state index contributed by atoms with van der Waals surface area (Å²) >= 11 is 1.83. The van der Waals surface area contributed by atoms with Gasteiger partial charge in [0.25, 0.3) is 0 Å². The van der Waals surface area contributed by atoms with Crippen LogP contribution >= 0.6 is 11.3 Å². The Morgan fingerprint density at radius 3 is 2.60 bits per heavy atom. The van der Waals surface area contributed by atoms with E-state index < -0.39 is 11.6 Å². The van der Waals surface area contributed by atoms with Crippen LogP contribution in [0.1, 0.15) is 45.3 Å². The van der Waals surface area contributed by atoms with Crippen LogP contribution in [-0.4, -0.2) is 17.5 Å². The zero-order chi connectivity index (χ0) is 20.7. The smallest absolute Gasteiger partial charge is 0.312 e. The zero-order valence-corrected chi connectivity index (χ0v) is 17.3. The number of carbonyl (C=O) groups is 1. The van der Waals surface area contributed by atoms with Gasteiger partial charge in [0.1, 0.15) is 11.6 Å². The van der Waals surface area contributed by atoms with Gasteiger partial charge in [-0.15, -0.1) is 11.3 Å². The highest BCUT2D eigenvalue weighted by Crippen LogP contribution is 2.45. The maximum atomic E-state index is 14.1. The molecule has 2 aromatic carbocycles. The second-order valence-electron chi connectivity index (χ2n) is 7.86. The fourth-order valence-corrected chi connectivity index (χ4v) is 6.20. The largest absolute Gasteiger partial charge is 0.322 e. The van der Waals surface area contributed by atoms with E-state index in [0.29, 0.717) is 6.54 Å². The topological polar surface area (TPSA) is 32.3 Å². The standard InChI is InChI=1S/C24H22F2N2OS/c25-16-10-11-20(19(26)14-16)27-24(29)28-13-12-18-17-8-4-5-9-21(17)30-23(18)22(28)15-6-2-1-3-7-15/h1-3,6-7,10-11,14,22H,4-5,8-9,12-13H2,(H,27,29)/t22-/m0/s1. The van der Waals surface area contributed by atoms with Gasteiger partial charge in [-0.05, 0) is 60.9 Å². The number of rotatable bonds is 2. The lowest BCUT2D eigenvalue weighted by Crippen LogP contribution is -2.42. The molecule has 0 saturated heterocycles. The highest BCUT2D eigenvalue weighted by molar-refractivity contribution is 7.12. The maximum Gasteiger partial charge on any atom is 0.322 e. The third-order valence-corrected chi connectivity index (χ3v) is 7.41. The number of hydrogen-bond acceptors (Lipinski definition) is 2. The van der Waals surface area contributed by atoms with E-state index in [4.69, 9.17) is 0 Å². The van der Waals surface area contributed by atoms with E-state index in [1.165, 1.54) is 39.8 Å². The van der Waals surface area contributed by atoms with Gasteiger partial charge in [0.2, 0.25) is 0 Å². The first-order valence-corrected chi connectivity index (χ1v) is 11.1. The third kappa shape index (κ3) is 3.39. The Morgan fingerprint density at radius 2 is 1.80 bits per heavy atom. The summed E-state index contributed by atoms with van der Waals surface area (Å²) in [6.07, 6.45) is 5.48. The molecule has 30 heavy (non-hydrogen) atoms. The van der Waals surface area contributed by atoms with Crippen LogP contribution in [0.25, 0.3) is 0 Å². The van der Waals surface area contributed by atoms with E-state index in [1.807, 2.05) is 41.7 Å². The maximum absolute atomic E-state index is 14.1. The number of aryl methyl sites for hydroxylation is 1. The summed E-state index contributed by atoms with van der Waals surface area (Å²) in [4.78, 5) is 17.7. The molecule has 0 unspecified atom stereocenters. The van der Waals surface area contributed by atoms with Crippen molar-refractivity contribution in [3.8, 4) is 0 Å². The predicted molar refractivity (Wildman–Crippen MR) is 115 cm³/mol. The molecule has 1 aliphatic heterocycles. The number of fused-ring (bicyclic) bond motifs is 3. The van der Waals surface area contributed by atoms with Crippen LogP contribution < -0.4 is 5.32 Å². The van der Waals surface area contributed by atoms with Gasteiger partial charge in [-0.25, -0.2) is 13.6 Å². The molecule has 3 nitrogen and oxygen atoms in total. The van der Waals surface area contributed by atoms with Gasteiger partial charge in [-0.2, -0.15) is 0 Å². The normalized spacial score (nSPS) is 17.9. The summed E-state index contributed by atoms with van der Waals surface area (Å²) < 4.78 is 27.4. The molecule has 0 fully saturated rings. The number of urea groups is 1. The molecule has 2 heterocycles. The Hall–Kier alpha value is -2.73. The average molecular weight is 425 g/mol. The number of anilines is 1. The van der Waals surface area contributed by atoms with Gasteiger partial charge in [-0.3, -0.25) is 0 Å². The molecule has 0 radical (unpaired) electrons. The molecular weight excluding hydrogens is 402 g/mol. The van der Waals surface area contributed by atoms with Crippen LogP contribution in [0.4, 0.5) is 19.3 Å². The van der Waals surface area contributed by atoms with E-state index >= 15 is 0 Å². The first-order chi connectivity index (χ1) is 14.6. The van der Waals surface area contributed by atoms with Crippen molar-refractivity contribution in [2.75, 3.05) is 11.9 Å². The molecule has 2 aliphatic rings. The van der Waals surface area contributed by atoms with Crippen LogP contribution in [0.5, 0.6) is 0 Å². The lowest BCUT2D eigenvalue weighted by atomic mass is 9.88. The fourth-order valence-electron chi connectivity index (χ4n) is 4.61. The number of nitrogens with one attached hydrogen (secondary N) is 1. The first kappa shape index (κ1) is 19.2. The van der Waals surface area contributed by atoms with Crippen LogP contribution in [0, 0.1) is 11.6 Å². The minimum Gasteiger partial charge on any atom is -0.312 e. The Labute approximate surface area is 178 Å². The molecular formula is C24H22F2N2OS. The molecule has 154 valence electrons. The van der Waals surface area contributed by atoms with Crippen LogP contribution in [-0.2, 0) is 19.3 Å². The molecule has 1 atom stereocenters. The molecule has 2 amide bonds. The second kappa shape index (κ2) is 7.84. The lowest BCUT2D eigenvalue weighted by molar-refractivity contribution is 0.195. The summed E-state index contributed by atoms with van der Waals surface area (Å²) in [6.45, 7) is 0.560. The van der Waals surface area contributed by atoms with Crippen molar-refractivity contribution >= 4 is 23.1 Å². The van der Waals surface area contributed by atoms with Crippen molar-refractivity contribution in [1.82, 2.24) is 4.90 Å². The summed E-state index contributed by atoms with van der Waals surface area (Å²) in [5, 5.41) is 2.65. The summed E-state index contributed by atoms with van der Waals surface area (Å²) in [7, 11) is 0. The molecule has 0 saturated carbocycles. The summed E-state index contributed by atoms with van der Waals surface area (Å²) in [5.74, 6) is -1.44. The number of halogens is 2. The molecule has 1 aromatic heterocycles. The number of benzene rings is 2. The van der Waals surface area contributed by atoms with Gasteiger partial charge in [0.15, 0.2) is 0 Å². The van der Waals surface area contributed by atoms with E-state index in [-0.39, 0.29) is 17.8 Å². The Kier molecular flexibility index (Phi) is 5.03. The lowest BCUT2D eigenvalue weighted by Gasteiger charge is -2.36. The van der Waals surface area contributed by atoms with Crippen molar-refractivity contribution < 1.29 is 13.6 Å². The molecule has 1 aliphatic carbocycles. The van der Waals surface area contributed by atoms with Crippen molar-refractivity contribution in [2.45, 2.75) is 38.1 Å². The number of thiophene rings is 1. The molecule has 5 rings (SSSR count). The highest BCUT2D eigenvalue weighted by atomic mass is 32.1. The molecule has 0 spiro atoms. The highest BCUT2D eigenvalue weighted by Gasteiger charge is 2.36. The van der Waals surface area contributed by atoms with Crippen molar-refractivity contribution in [3.05, 3.63) is 86.6 Å². The first-order valence-electron chi connectivity index (χ1n) is 10.3.